The third-order valence-electron chi connectivity index (χ3n) is 9.78. The summed E-state index contributed by atoms with van der Waals surface area (Å²) in [5.74, 6) is 2.84. The summed E-state index contributed by atoms with van der Waals surface area (Å²) in [6, 6.07) is 30.4. The summed E-state index contributed by atoms with van der Waals surface area (Å²) < 4.78 is 29.8. The van der Waals surface area contributed by atoms with Crippen molar-refractivity contribution >= 4 is 28.5 Å². The van der Waals surface area contributed by atoms with Gasteiger partial charge in [0.05, 0.1) is 49.9 Å². The lowest BCUT2D eigenvalue weighted by atomic mass is 9.79. The van der Waals surface area contributed by atoms with Gasteiger partial charge < -0.3 is 18.8 Å². The number of halogens is 1. The van der Waals surface area contributed by atoms with Crippen LogP contribution in [0.3, 0.4) is 0 Å². The summed E-state index contributed by atoms with van der Waals surface area (Å²) in [7, 11) is 2.81. The first kappa shape index (κ1) is 38.5. The van der Waals surface area contributed by atoms with Crippen LogP contribution in [0.5, 0.6) is 11.5 Å². The highest BCUT2D eigenvalue weighted by molar-refractivity contribution is 9.10. The topological polar surface area (TPSA) is 117 Å². The third kappa shape index (κ3) is 8.15. The average molecular weight is 796 g/mol. The fourth-order valence-corrected chi connectivity index (χ4v) is 6.19. The zero-order chi connectivity index (χ0) is 38.8. The Kier molecular flexibility index (Phi) is 11.2. The summed E-state index contributed by atoms with van der Waals surface area (Å²) in [6.07, 6.45) is 0. The van der Waals surface area contributed by atoms with Crippen LogP contribution in [0, 0.1) is 13.8 Å². The van der Waals surface area contributed by atoms with Crippen molar-refractivity contribution in [3.8, 4) is 22.9 Å². The van der Waals surface area contributed by atoms with Gasteiger partial charge in [-0.25, -0.2) is 9.59 Å². The van der Waals surface area contributed by atoms with Gasteiger partial charge in [-0.05, 0) is 119 Å². The second-order valence-corrected chi connectivity index (χ2v) is 14.9. The van der Waals surface area contributed by atoms with E-state index in [4.69, 9.17) is 18.8 Å². The van der Waals surface area contributed by atoms with Crippen molar-refractivity contribution in [1.82, 2.24) is 28.7 Å². The van der Waals surface area contributed by atoms with Gasteiger partial charge in [-0.15, -0.1) is 0 Å². The maximum absolute atomic E-state index is 13.0. The van der Waals surface area contributed by atoms with Crippen molar-refractivity contribution in [2.24, 2.45) is 0 Å². The number of methoxy groups -OCH3 is 2. The Morgan fingerprint density at radius 1 is 0.648 bits per heavy atom. The molecule has 1 aliphatic heterocycles. The lowest BCUT2D eigenvalue weighted by molar-refractivity contribution is 0.00578. The molecule has 3 heterocycles. The van der Waals surface area contributed by atoms with Crippen LogP contribution in [0.1, 0.15) is 50.5 Å². The van der Waals surface area contributed by atoms with Gasteiger partial charge in [0.15, 0.2) is 0 Å². The Labute approximate surface area is 323 Å². The minimum atomic E-state index is -0.442. The molecule has 12 nitrogen and oxygen atoms in total. The van der Waals surface area contributed by atoms with Crippen molar-refractivity contribution in [2.75, 3.05) is 14.2 Å². The number of aryl methyl sites for hydroxylation is 2. The van der Waals surface area contributed by atoms with Gasteiger partial charge in [-0.2, -0.15) is 19.6 Å². The van der Waals surface area contributed by atoms with E-state index in [1.54, 1.807) is 23.4 Å². The normalized spacial score (nSPS) is 14.4. The molecule has 0 radical (unpaired) electrons. The molecular formula is C40H44BBrN6O6. The maximum Gasteiger partial charge on any atom is 0.494 e. The van der Waals surface area contributed by atoms with Crippen LogP contribution in [-0.2, 0) is 22.4 Å². The molecule has 0 amide bonds. The number of ether oxygens (including phenoxy) is 2. The van der Waals surface area contributed by atoms with E-state index in [0.29, 0.717) is 30.4 Å². The lowest BCUT2D eigenvalue weighted by Gasteiger charge is -2.32. The van der Waals surface area contributed by atoms with E-state index in [0.717, 1.165) is 38.2 Å². The Balaban J connectivity index is 0.000000193. The molecule has 6 aromatic rings. The zero-order valence-corrected chi connectivity index (χ0v) is 33.3. The van der Waals surface area contributed by atoms with E-state index in [-0.39, 0.29) is 11.4 Å². The molecule has 0 unspecified atom stereocenters. The van der Waals surface area contributed by atoms with Crippen molar-refractivity contribution < 1.29 is 18.8 Å². The Morgan fingerprint density at radius 2 is 1.06 bits per heavy atom. The SMILES string of the molecule is COc1cccc(Cn2c(C)nn(-c3ccc(B4OC(C)(C)C(C)(C)O4)cc3)c2=O)c1.COc1cccc(Cn2c(C)nn(-c3ccc(Br)cc3)c2=O)c1. The molecule has 1 saturated heterocycles. The van der Waals surface area contributed by atoms with Crippen LogP contribution < -0.4 is 26.3 Å². The summed E-state index contributed by atoms with van der Waals surface area (Å²) >= 11 is 3.39. The van der Waals surface area contributed by atoms with Gasteiger partial charge in [0.2, 0.25) is 0 Å². The molecule has 54 heavy (non-hydrogen) atoms. The molecule has 0 spiro atoms. The molecule has 280 valence electrons. The predicted octanol–water partition coefficient (Wildman–Crippen LogP) is 5.86. The van der Waals surface area contributed by atoms with Crippen LogP contribution in [-0.4, -0.2) is 61.2 Å². The molecule has 0 aliphatic carbocycles. The van der Waals surface area contributed by atoms with E-state index in [2.05, 4.69) is 26.1 Å². The van der Waals surface area contributed by atoms with E-state index in [1.807, 2.05) is 139 Å². The van der Waals surface area contributed by atoms with E-state index < -0.39 is 18.3 Å². The molecule has 7 rings (SSSR count). The molecule has 14 heteroatoms. The predicted molar refractivity (Wildman–Crippen MR) is 213 cm³/mol. The fourth-order valence-electron chi connectivity index (χ4n) is 5.93. The molecule has 0 bridgehead atoms. The van der Waals surface area contributed by atoms with E-state index in [9.17, 15) is 9.59 Å². The van der Waals surface area contributed by atoms with Gasteiger partial charge in [-0.1, -0.05) is 52.3 Å². The number of aromatic nitrogens is 6. The molecule has 2 aromatic heterocycles. The highest BCUT2D eigenvalue weighted by atomic mass is 79.9. The fraction of sp³-hybridized carbons (Fsp3) is 0.300. The summed E-state index contributed by atoms with van der Waals surface area (Å²) in [5.41, 5.74) is 3.15. The number of hydrogen-bond donors (Lipinski definition) is 0. The van der Waals surface area contributed by atoms with Crippen LogP contribution in [0.4, 0.5) is 0 Å². The van der Waals surface area contributed by atoms with E-state index in [1.165, 1.54) is 9.36 Å². The number of hydrogen-bond acceptors (Lipinski definition) is 8. The van der Waals surface area contributed by atoms with Crippen molar-refractivity contribution in [3.63, 3.8) is 0 Å². The minimum absolute atomic E-state index is 0.160. The van der Waals surface area contributed by atoms with Crippen molar-refractivity contribution in [1.29, 1.82) is 0 Å². The van der Waals surface area contributed by atoms with Crippen molar-refractivity contribution in [3.05, 3.63) is 145 Å². The molecule has 1 fully saturated rings. The standard InChI is InChI=1S/C23H28BN3O4.C17H16BrN3O2/c1-16-25-27(21(28)26(16)15-17-8-7-9-20(14-17)29-6)19-12-10-18(11-13-19)24-30-22(2,3)23(4,5)31-24;1-12-19-21(15-8-6-14(18)7-9-15)17(22)20(12)11-13-4-3-5-16(10-13)23-2/h7-14H,15H2,1-6H3;3-10H,11H2,1-2H3. The van der Waals surface area contributed by atoms with Gasteiger partial charge in [0.25, 0.3) is 0 Å². The lowest BCUT2D eigenvalue weighted by Crippen LogP contribution is -2.41. The molecule has 0 saturated carbocycles. The Morgan fingerprint density at radius 3 is 1.46 bits per heavy atom. The highest BCUT2D eigenvalue weighted by Crippen LogP contribution is 2.36. The highest BCUT2D eigenvalue weighted by Gasteiger charge is 2.51. The second-order valence-electron chi connectivity index (χ2n) is 14.0. The van der Waals surface area contributed by atoms with Gasteiger partial charge in [-0.3, -0.25) is 9.13 Å². The zero-order valence-electron chi connectivity index (χ0n) is 31.7. The van der Waals surface area contributed by atoms with Gasteiger partial charge in [0.1, 0.15) is 23.1 Å². The number of benzene rings is 4. The first-order chi connectivity index (χ1) is 25.7. The van der Waals surface area contributed by atoms with Gasteiger partial charge >= 0.3 is 18.5 Å². The van der Waals surface area contributed by atoms with Crippen molar-refractivity contribution in [2.45, 2.75) is 65.8 Å². The first-order valence-electron chi connectivity index (χ1n) is 17.5. The maximum atomic E-state index is 13.0. The monoisotopic (exact) mass is 794 g/mol. The number of nitrogens with zero attached hydrogens (tertiary/aromatic N) is 6. The van der Waals surface area contributed by atoms with Crippen LogP contribution in [0.2, 0.25) is 0 Å². The van der Waals surface area contributed by atoms with Gasteiger partial charge in [0, 0.05) is 4.47 Å². The summed E-state index contributed by atoms with van der Waals surface area (Å²) in [4.78, 5) is 25.7. The molecule has 1 aliphatic rings. The molecular weight excluding hydrogens is 751 g/mol. The minimum Gasteiger partial charge on any atom is -0.497 e. The van der Waals surface area contributed by atoms with Crippen LogP contribution in [0.15, 0.2) is 111 Å². The Hall–Kier alpha value is -5.18. The van der Waals surface area contributed by atoms with Crippen LogP contribution >= 0.6 is 15.9 Å². The quantitative estimate of drug-likeness (QED) is 0.167. The smallest absolute Gasteiger partial charge is 0.494 e. The molecule has 0 N–H and O–H groups in total. The average Bonchev–Trinajstić information content (AvgIpc) is 3.69. The largest absolute Gasteiger partial charge is 0.497 e. The van der Waals surface area contributed by atoms with Crippen LogP contribution in [0.25, 0.3) is 11.4 Å². The first-order valence-corrected chi connectivity index (χ1v) is 18.3. The molecule has 0 atom stereocenters. The second kappa shape index (κ2) is 15.7. The summed E-state index contributed by atoms with van der Waals surface area (Å²) in [5, 5.41) is 8.84. The Bertz CT molecular complexity index is 2350. The van der Waals surface area contributed by atoms with E-state index >= 15 is 0 Å². The summed E-state index contributed by atoms with van der Waals surface area (Å²) in [6.45, 7) is 12.6. The number of rotatable bonds is 9. The molecule has 4 aromatic carbocycles. The third-order valence-corrected chi connectivity index (χ3v) is 10.3.